The number of hydrogen-bond acceptors (Lipinski definition) is 4. The van der Waals surface area contributed by atoms with Gasteiger partial charge < -0.3 is 5.11 Å². The molecule has 0 aliphatic heterocycles. The van der Waals surface area contributed by atoms with Crippen molar-refractivity contribution >= 4 is 27.3 Å². The molecule has 21 heavy (non-hydrogen) atoms. The first-order valence-electron chi connectivity index (χ1n) is 5.89. The van der Waals surface area contributed by atoms with E-state index >= 15 is 0 Å². The molecule has 0 unspecified atom stereocenters. The molecule has 0 aliphatic carbocycles. The molecule has 0 saturated heterocycles. The lowest BCUT2D eigenvalue weighted by atomic mass is 10.3. The number of carboxylic acid groups (broad SMARTS) is 1. The maximum absolute atomic E-state index is 12.5. The molecule has 1 N–H and O–H groups in total. The highest BCUT2D eigenvalue weighted by atomic mass is 32.2. The number of nitrogens with zero attached hydrogens (tertiary/aromatic N) is 1. The minimum atomic E-state index is -4.66. The van der Waals surface area contributed by atoms with Crippen molar-refractivity contribution in [3.8, 4) is 0 Å². The van der Waals surface area contributed by atoms with Crippen molar-refractivity contribution in [2.75, 3.05) is 13.1 Å². The van der Waals surface area contributed by atoms with Crippen LogP contribution in [0.3, 0.4) is 0 Å². The highest BCUT2D eigenvalue weighted by Crippen LogP contribution is 2.30. The molecule has 1 rings (SSSR count). The van der Waals surface area contributed by atoms with Crippen molar-refractivity contribution in [2.24, 2.45) is 0 Å². The van der Waals surface area contributed by atoms with Crippen LogP contribution in [0.1, 0.15) is 28.6 Å². The average Bonchev–Trinajstić information content (AvgIpc) is 2.69. The molecule has 0 amide bonds. The van der Waals surface area contributed by atoms with Crippen molar-refractivity contribution in [1.82, 2.24) is 4.31 Å². The Kier molecular flexibility index (Phi) is 5.40. The first-order valence-corrected chi connectivity index (χ1v) is 8.15. The van der Waals surface area contributed by atoms with Gasteiger partial charge in [-0.3, -0.25) is 0 Å². The van der Waals surface area contributed by atoms with Gasteiger partial charge in [0.2, 0.25) is 0 Å². The summed E-state index contributed by atoms with van der Waals surface area (Å²) in [5.74, 6) is -1.31. The van der Waals surface area contributed by atoms with E-state index in [0.717, 1.165) is 6.07 Å². The molecule has 1 aromatic heterocycles. The Morgan fingerprint density at radius 2 is 2.00 bits per heavy atom. The number of aromatic carboxylic acids is 1. The van der Waals surface area contributed by atoms with Crippen molar-refractivity contribution in [1.29, 1.82) is 0 Å². The number of carboxylic acids is 1. The van der Waals surface area contributed by atoms with Crippen LogP contribution >= 0.6 is 11.3 Å². The summed E-state index contributed by atoms with van der Waals surface area (Å²) in [6.45, 7) is 1.07. The third kappa shape index (κ3) is 4.42. The first-order chi connectivity index (χ1) is 9.49. The van der Waals surface area contributed by atoms with Gasteiger partial charge in [0.05, 0.1) is 0 Å². The molecule has 1 aromatic rings. The van der Waals surface area contributed by atoms with Gasteiger partial charge in [-0.2, -0.15) is 17.5 Å². The second-order valence-corrected chi connectivity index (χ2v) is 7.55. The molecule has 0 saturated carbocycles. The van der Waals surface area contributed by atoms with Crippen LogP contribution < -0.4 is 0 Å². The number of alkyl halides is 3. The molecule has 10 heteroatoms. The molecule has 5 nitrogen and oxygen atoms in total. The number of aryl methyl sites for hydroxylation is 1. The van der Waals surface area contributed by atoms with Gasteiger partial charge in [0.15, 0.2) is 0 Å². The van der Waals surface area contributed by atoms with Crippen LogP contribution in [0.15, 0.2) is 10.3 Å². The average molecular weight is 345 g/mol. The predicted octanol–water partition coefficient (Wildman–Crippen LogP) is 2.72. The van der Waals surface area contributed by atoms with Crippen LogP contribution in [0.25, 0.3) is 0 Å². The Balaban J connectivity index is 3.23. The highest BCUT2D eigenvalue weighted by molar-refractivity contribution is 7.91. The van der Waals surface area contributed by atoms with E-state index in [1.54, 1.807) is 6.92 Å². The molecule has 0 aromatic carbocycles. The second kappa shape index (κ2) is 6.32. The van der Waals surface area contributed by atoms with Crippen LogP contribution in [-0.4, -0.2) is 43.1 Å². The van der Waals surface area contributed by atoms with Gasteiger partial charge in [0, 0.05) is 6.54 Å². The van der Waals surface area contributed by atoms with Gasteiger partial charge in [-0.25, -0.2) is 13.2 Å². The Hall–Kier alpha value is -1.13. The van der Waals surface area contributed by atoms with E-state index < -0.39 is 32.9 Å². The summed E-state index contributed by atoms with van der Waals surface area (Å²) in [5, 5.41) is 8.90. The molecule has 0 radical (unpaired) electrons. The minimum Gasteiger partial charge on any atom is -0.477 e. The fourth-order valence-corrected chi connectivity index (χ4v) is 4.70. The van der Waals surface area contributed by atoms with Crippen molar-refractivity contribution in [2.45, 2.75) is 30.7 Å². The lowest BCUT2D eigenvalue weighted by molar-refractivity contribution is -0.136. The lowest BCUT2D eigenvalue weighted by Gasteiger charge is -2.21. The predicted molar refractivity (Wildman–Crippen MR) is 71.1 cm³/mol. The van der Waals surface area contributed by atoms with Gasteiger partial charge in [0.1, 0.15) is 15.6 Å². The maximum Gasteiger partial charge on any atom is 0.402 e. The Bertz CT molecular complexity index is 622. The van der Waals surface area contributed by atoms with Gasteiger partial charge in [-0.15, -0.1) is 11.3 Å². The topological polar surface area (TPSA) is 74.7 Å². The van der Waals surface area contributed by atoms with Gasteiger partial charge >= 0.3 is 12.1 Å². The maximum atomic E-state index is 12.5. The summed E-state index contributed by atoms with van der Waals surface area (Å²) in [6, 6.07) is 1.09. The summed E-state index contributed by atoms with van der Waals surface area (Å²) in [6.07, 6.45) is -4.45. The summed E-state index contributed by atoms with van der Waals surface area (Å²) in [5.41, 5.74) is 0.203. The second-order valence-electron chi connectivity index (χ2n) is 4.34. The zero-order valence-corrected chi connectivity index (χ0v) is 12.9. The molecule has 0 aliphatic rings. The monoisotopic (exact) mass is 345 g/mol. The summed E-state index contributed by atoms with van der Waals surface area (Å²) in [7, 11) is -4.36. The molecule has 0 bridgehead atoms. The third-order valence-corrected chi connectivity index (χ3v) is 6.03. The van der Waals surface area contributed by atoms with Crippen LogP contribution in [0.5, 0.6) is 0 Å². The van der Waals surface area contributed by atoms with Crippen molar-refractivity contribution < 1.29 is 31.5 Å². The van der Waals surface area contributed by atoms with Crippen LogP contribution in [0, 0.1) is 6.92 Å². The molecule has 120 valence electrons. The zero-order valence-electron chi connectivity index (χ0n) is 11.3. The molecule has 0 atom stereocenters. The van der Waals surface area contributed by atoms with E-state index in [4.69, 9.17) is 5.11 Å². The summed E-state index contributed by atoms with van der Waals surface area (Å²) < 4.78 is 61.9. The van der Waals surface area contributed by atoms with Gasteiger partial charge in [-0.1, -0.05) is 6.92 Å². The Morgan fingerprint density at radius 1 is 1.43 bits per heavy atom. The lowest BCUT2D eigenvalue weighted by Crippen LogP contribution is -2.39. The third-order valence-electron chi connectivity index (χ3n) is 2.51. The van der Waals surface area contributed by atoms with Crippen LogP contribution in [0.4, 0.5) is 13.2 Å². The highest BCUT2D eigenvalue weighted by Gasteiger charge is 2.37. The number of carbonyl (C=O) groups is 1. The van der Waals surface area contributed by atoms with Crippen molar-refractivity contribution in [3.63, 3.8) is 0 Å². The Morgan fingerprint density at radius 3 is 2.38 bits per heavy atom. The largest absolute Gasteiger partial charge is 0.477 e. The van der Waals surface area contributed by atoms with E-state index in [1.807, 2.05) is 0 Å². The SMILES string of the molecule is CCCN(CC(F)(F)F)S(=O)(=O)c1cc(C)c(C(=O)O)s1. The number of thiophene rings is 1. The zero-order chi connectivity index (χ0) is 16.4. The summed E-state index contributed by atoms with van der Waals surface area (Å²) in [4.78, 5) is 10.7. The van der Waals surface area contributed by atoms with Crippen LogP contribution in [-0.2, 0) is 10.0 Å². The molecule has 0 fully saturated rings. The van der Waals surface area contributed by atoms with Gasteiger partial charge in [-0.05, 0) is 25.0 Å². The van der Waals surface area contributed by atoms with E-state index in [2.05, 4.69) is 0 Å². The van der Waals surface area contributed by atoms with Crippen LogP contribution in [0.2, 0.25) is 0 Å². The number of sulfonamides is 1. The van der Waals surface area contributed by atoms with Crippen molar-refractivity contribution in [3.05, 3.63) is 16.5 Å². The Labute approximate surface area is 124 Å². The van der Waals surface area contributed by atoms with E-state index in [1.165, 1.54) is 6.92 Å². The molecule has 1 heterocycles. The number of hydrogen-bond donors (Lipinski definition) is 1. The number of rotatable bonds is 6. The van der Waals surface area contributed by atoms with E-state index in [0.29, 0.717) is 15.6 Å². The standard InChI is InChI=1S/C11H14F3NO4S2/c1-3-4-15(6-11(12,13)14)21(18,19)8-5-7(2)9(20-8)10(16)17/h5H,3-4,6H2,1-2H3,(H,16,17). The fraction of sp³-hybridized carbons (Fsp3) is 0.545. The van der Waals surface area contributed by atoms with Gasteiger partial charge in [0.25, 0.3) is 10.0 Å². The molecule has 0 spiro atoms. The molecular formula is C11H14F3NO4S2. The smallest absolute Gasteiger partial charge is 0.402 e. The first kappa shape index (κ1) is 17.9. The van der Waals surface area contributed by atoms with E-state index in [-0.39, 0.29) is 23.4 Å². The summed E-state index contributed by atoms with van der Waals surface area (Å²) >= 11 is 0.458. The quantitative estimate of drug-likeness (QED) is 0.860. The molecular weight excluding hydrogens is 331 g/mol. The fourth-order valence-electron chi connectivity index (χ4n) is 1.65. The normalized spacial score (nSPS) is 12.9. The van der Waals surface area contributed by atoms with E-state index in [9.17, 15) is 26.4 Å². The minimum absolute atomic E-state index is 0.197. The number of halogens is 3.